The number of nitrogens with one attached hydrogen (secondary N) is 1. The molecule has 1 aliphatic heterocycles. The lowest BCUT2D eigenvalue weighted by Crippen LogP contribution is -2.24. The Hall–Kier alpha value is -2.29. The van der Waals surface area contributed by atoms with Crippen LogP contribution in [-0.4, -0.2) is 42.7 Å². The van der Waals surface area contributed by atoms with E-state index in [0.717, 1.165) is 31.0 Å². The minimum absolute atomic E-state index is 0.00456. The van der Waals surface area contributed by atoms with Crippen LogP contribution in [0.4, 0.5) is 0 Å². The molecule has 1 atom stereocenters. The predicted molar refractivity (Wildman–Crippen MR) is 73.6 cm³/mol. The molecule has 0 aromatic carbocycles. The highest BCUT2D eigenvalue weighted by Crippen LogP contribution is 2.38. The summed E-state index contributed by atoms with van der Waals surface area (Å²) in [5, 5.41) is 10.9. The number of primary amides is 1. The van der Waals surface area contributed by atoms with E-state index in [4.69, 9.17) is 10.3 Å². The molecule has 116 valence electrons. The zero-order valence-electron chi connectivity index (χ0n) is 12.0. The first-order valence-corrected chi connectivity index (χ1v) is 7.49. The molecule has 4 rings (SSSR count). The summed E-state index contributed by atoms with van der Waals surface area (Å²) in [6.07, 6.45) is 4.30. The van der Waals surface area contributed by atoms with Gasteiger partial charge in [0.1, 0.15) is 5.82 Å². The van der Waals surface area contributed by atoms with Gasteiger partial charge < -0.3 is 10.3 Å². The van der Waals surface area contributed by atoms with E-state index in [0.29, 0.717) is 18.4 Å². The molecule has 1 amide bonds. The van der Waals surface area contributed by atoms with Crippen LogP contribution < -0.4 is 5.73 Å². The van der Waals surface area contributed by atoms with Crippen molar-refractivity contribution in [2.75, 3.05) is 6.54 Å². The van der Waals surface area contributed by atoms with Crippen LogP contribution in [0.15, 0.2) is 4.52 Å². The molecular weight excluding hydrogens is 286 g/mol. The molecule has 1 unspecified atom stereocenters. The third kappa shape index (κ3) is 2.47. The Kier molecular flexibility index (Phi) is 3.14. The number of H-pyrrole nitrogens is 1. The fraction of sp³-hybridized carbons (Fsp3) is 0.615. The number of aromatic nitrogens is 5. The van der Waals surface area contributed by atoms with Gasteiger partial charge in [-0.05, 0) is 32.2 Å². The maximum Gasteiger partial charge on any atom is 0.290 e. The normalized spacial score (nSPS) is 22.3. The molecule has 1 aliphatic carbocycles. The lowest BCUT2D eigenvalue weighted by atomic mass is 10.2. The summed E-state index contributed by atoms with van der Waals surface area (Å²) in [5.41, 5.74) is 5.16. The molecule has 2 aromatic heterocycles. The number of carbonyl (C=O) groups is 1. The molecular formula is C13H17N7O2. The van der Waals surface area contributed by atoms with Crippen LogP contribution in [0.1, 0.15) is 65.8 Å². The van der Waals surface area contributed by atoms with E-state index in [1.165, 1.54) is 12.8 Å². The van der Waals surface area contributed by atoms with Gasteiger partial charge >= 0.3 is 0 Å². The highest BCUT2D eigenvalue weighted by atomic mass is 16.5. The summed E-state index contributed by atoms with van der Waals surface area (Å²) in [5.74, 6) is 1.99. The Morgan fingerprint density at radius 2 is 2.23 bits per heavy atom. The van der Waals surface area contributed by atoms with E-state index in [1.807, 2.05) is 0 Å². The van der Waals surface area contributed by atoms with E-state index >= 15 is 0 Å². The quantitative estimate of drug-likeness (QED) is 0.823. The fourth-order valence-electron chi connectivity index (χ4n) is 2.86. The van der Waals surface area contributed by atoms with Crippen molar-refractivity contribution in [3.63, 3.8) is 0 Å². The summed E-state index contributed by atoms with van der Waals surface area (Å²) < 4.78 is 5.18. The first-order valence-electron chi connectivity index (χ1n) is 7.49. The molecule has 1 saturated carbocycles. The second-order valence-electron chi connectivity index (χ2n) is 5.86. The first kappa shape index (κ1) is 13.4. The number of likely N-dealkylation sites (tertiary alicyclic amines) is 1. The Balaban J connectivity index is 1.48. The van der Waals surface area contributed by atoms with Gasteiger partial charge in [0, 0.05) is 5.92 Å². The van der Waals surface area contributed by atoms with Gasteiger partial charge in [-0.2, -0.15) is 10.1 Å². The summed E-state index contributed by atoms with van der Waals surface area (Å²) in [4.78, 5) is 21.9. The van der Waals surface area contributed by atoms with E-state index < -0.39 is 5.91 Å². The second-order valence-corrected chi connectivity index (χ2v) is 5.86. The predicted octanol–water partition coefficient (Wildman–Crippen LogP) is 0.501. The van der Waals surface area contributed by atoms with Crippen LogP contribution in [0.2, 0.25) is 0 Å². The lowest BCUT2D eigenvalue weighted by molar-refractivity contribution is 0.0987. The highest BCUT2D eigenvalue weighted by molar-refractivity contribution is 5.88. The largest absolute Gasteiger partial charge is 0.363 e. The zero-order chi connectivity index (χ0) is 15.1. The van der Waals surface area contributed by atoms with Crippen LogP contribution in [0.25, 0.3) is 0 Å². The lowest BCUT2D eigenvalue weighted by Gasteiger charge is -2.19. The van der Waals surface area contributed by atoms with Crippen LogP contribution in [0.5, 0.6) is 0 Å². The summed E-state index contributed by atoms with van der Waals surface area (Å²) >= 11 is 0. The van der Waals surface area contributed by atoms with Gasteiger partial charge in [-0.3, -0.25) is 14.8 Å². The van der Waals surface area contributed by atoms with E-state index in [1.54, 1.807) is 0 Å². The number of nitrogens with zero attached hydrogens (tertiary/aromatic N) is 5. The van der Waals surface area contributed by atoms with Crippen LogP contribution in [-0.2, 0) is 6.54 Å². The van der Waals surface area contributed by atoms with Crippen molar-refractivity contribution in [3.05, 3.63) is 23.4 Å². The molecule has 2 aliphatic rings. The third-order valence-electron chi connectivity index (χ3n) is 4.16. The van der Waals surface area contributed by atoms with Crippen molar-refractivity contribution in [2.45, 2.75) is 44.2 Å². The number of hydrogen-bond donors (Lipinski definition) is 2. The number of amides is 1. The molecule has 0 bridgehead atoms. The molecule has 9 nitrogen and oxygen atoms in total. The van der Waals surface area contributed by atoms with Gasteiger partial charge in [-0.25, -0.2) is 4.98 Å². The molecule has 3 N–H and O–H groups in total. The average molecular weight is 303 g/mol. The van der Waals surface area contributed by atoms with Crippen molar-refractivity contribution < 1.29 is 9.32 Å². The maximum atomic E-state index is 11.1. The van der Waals surface area contributed by atoms with Gasteiger partial charge in [0.05, 0.1) is 12.6 Å². The number of nitrogens with two attached hydrogens (primary N) is 1. The standard InChI is InChI=1S/C13H17N7O2/c14-10(21)12-16-13(22-19-12)8-2-1-5-20(8)6-9-15-11(18-17-9)7-3-4-7/h7-8H,1-6H2,(H2,14,21)(H,15,17,18). The Labute approximate surface area is 126 Å². The molecule has 3 heterocycles. The molecule has 1 saturated heterocycles. The minimum atomic E-state index is -0.677. The van der Waals surface area contributed by atoms with Crippen LogP contribution in [0.3, 0.4) is 0 Å². The maximum absolute atomic E-state index is 11.1. The van der Waals surface area contributed by atoms with E-state index in [9.17, 15) is 4.79 Å². The Bertz CT molecular complexity index is 690. The SMILES string of the molecule is NC(=O)c1noc(C2CCCN2Cc2nc(C3CC3)n[nH]2)n1. The highest BCUT2D eigenvalue weighted by Gasteiger charge is 2.33. The number of hydrogen-bond acceptors (Lipinski definition) is 7. The van der Waals surface area contributed by atoms with Crippen molar-refractivity contribution in [3.8, 4) is 0 Å². The smallest absolute Gasteiger partial charge is 0.290 e. The van der Waals surface area contributed by atoms with Crippen molar-refractivity contribution in [2.24, 2.45) is 5.73 Å². The number of aromatic amines is 1. The van der Waals surface area contributed by atoms with Crippen molar-refractivity contribution in [1.82, 2.24) is 30.2 Å². The van der Waals surface area contributed by atoms with Crippen molar-refractivity contribution in [1.29, 1.82) is 0 Å². The van der Waals surface area contributed by atoms with Gasteiger partial charge in [0.2, 0.25) is 5.89 Å². The minimum Gasteiger partial charge on any atom is -0.363 e. The van der Waals surface area contributed by atoms with Gasteiger partial charge in [-0.1, -0.05) is 5.16 Å². The topological polar surface area (TPSA) is 127 Å². The third-order valence-corrected chi connectivity index (χ3v) is 4.16. The molecule has 9 heteroatoms. The number of carbonyl (C=O) groups excluding carboxylic acids is 1. The average Bonchev–Trinajstić information content (AvgIpc) is 2.95. The molecule has 22 heavy (non-hydrogen) atoms. The summed E-state index contributed by atoms with van der Waals surface area (Å²) in [6.45, 7) is 1.57. The monoisotopic (exact) mass is 303 g/mol. The van der Waals surface area contributed by atoms with Crippen molar-refractivity contribution >= 4 is 5.91 Å². The number of rotatable bonds is 5. The zero-order valence-corrected chi connectivity index (χ0v) is 12.0. The Morgan fingerprint density at radius 1 is 1.36 bits per heavy atom. The first-order chi connectivity index (χ1) is 10.7. The molecule has 0 radical (unpaired) electrons. The molecule has 2 aromatic rings. The fourth-order valence-corrected chi connectivity index (χ4v) is 2.86. The molecule has 0 spiro atoms. The van der Waals surface area contributed by atoms with Crippen LogP contribution in [0, 0.1) is 0 Å². The van der Waals surface area contributed by atoms with Gasteiger partial charge in [-0.15, -0.1) is 0 Å². The summed E-state index contributed by atoms with van der Waals surface area (Å²) in [6, 6.07) is -0.00456. The van der Waals surface area contributed by atoms with E-state index in [-0.39, 0.29) is 11.9 Å². The Morgan fingerprint density at radius 3 is 2.95 bits per heavy atom. The van der Waals surface area contributed by atoms with Gasteiger partial charge in [0.25, 0.3) is 11.7 Å². The second kappa shape index (κ2) is 5.16. The summed E-state index contributed by atoms with van der Waals surface area (Å²) in [7, 11) is 0. The van der Waals surface area contributed by atoms with Crippen LogP contribution >= 0.6 is 0 Å². The van der Waals surface area contributed by atoms with Gasteiger partial charge in [0.15, 0.2) is 5.82 Å². The molecule has 2 fully saturated rings. The van der Waals surface area contributed by atoms with E-state index in [2.05, 4.69) is 30.2 Å².